The van der Waals surface area contributed by atoms with Crippen LogP contribution in [0.25, 0.3) is 0 Å². The quantitative estimate of drug-likeness (QED) is 0.863. The molecule has 1 fully saturated rings. The lowest BCUT2D eigenvalue weighted by atomic mass is 10.3. The van der Waals surface area contributed by atoms with E-state index < -0.39 is 10.0 Å². The number of benzene rings is 1. The Hall–Kier alpha value is -1.37. The van der Waals surface area contributed by atoms with Crippen LogP contribution in [0.3, 0.4) is 0 Å². The summed E-state index contributed by atoms with van der Waals surface area (Å²) in [6, 6.07) is 11.3. The van der Waals surface area contributed by atoms with Gasteiger partial charge in [0.05, 0.1) is 0 Å². The van der Waals surface area contributed by atoms with Crippen molar-refractivity contribution in [2.75, 3.05) is 4.72 Å². The maximum absolute atomic E-state index is 12.2. The number of sulfonamides is 1. The van der Waals surface area contributed by atoms with E-state index in [4.69, 9.17) is 0 Å². The molecule has 0 aliphatic heterocycles. The largest absolute Gasteiger partial charge is 0.310 e. The van der Waals surface area contributed by atoms with Gasteiger partial charge in [-0.2, -0.15) is 0 Å². The molecule has 0 bridgehead atoms. The van der Waals surface area contributed by atoms with Crippen LogP contribution >= 0.6 is 11.3 Å². The van der Waals surface area contributed by atoms with Gasteiger partial charge in [-0.05, 0) is 42.0 Å². The van der Waals surface area contributed by atoms with E-state index in [9.17, 15) is 8.42 Å². The van der Waals surface area contributed by atoms with E-state index in [1.807, 2.05) is 11.4 Å². The molecule has 106 valence electrons. The number of hydrogen-bond donors (Lipinski definition) is 2. The monoisotopic (exact) mass is 308 g/mol. The molecule has 1 aliphatic rings. The second-order valence-electron chi connectivity index (χ2n) is 4.90. The molecular formula is C14H16N2O2S2. The lowest BCUT2D eigenvalue weighted by Gasteiger charge is -2.05. The molecule has 3 rings (SSSR count). The normalized spacial score (nSPS) is 15.2. The van der Waals surface area contributed by atoms with E-state index in [1.54, 1.807) is 30.3 Å². The third-order valence-electron chi connectivity index (χ3n) is 3.09. The zero-order chi connectivity index (χ0) is 14.0. The summed E-state index contributed by atoms with van der Waals surface area (Å²) in [7, 11) is -3.47. The molecule has 2 aromatic rings. The molecule has 4 nitrogen and oxygen atoms in total. The Labute approximate surface area is 122 Å². The average Bonchev–Trinajstić information content (AvgIpc) is 3.13. The molecule has 1 heterocycles. The van der Waals surface area contributed by atoms with Crippen LogP contribution in [0.5, 0.6) is 0 Å². The second-order valence-corrected chi connectivity index (χ2v) is 7.72. The van der Waals surface area contributed by atoms with Crippen molar-refractivity contribution in [2.45, 2.75) is 29.6 Å². The molecule has 0 unspecified atom stereocenters. The molecule has 0 spiro atoms. The fourth-order valence-electron chi connectivity index (χ4n) is 1.85. The Balaban J connectivity index is 1.70. The number of anilines is 1. The minimum absolute atomic E-state index is 0.356. The molecule has 1 aromatic heterocycles. The molecule has 2 N–H and O–H groups in total. The highest BCUT2D eigenvalue weighted by Gasteiger charge is 2.21. The highest BCUT2D eigenvalue weighted by molar-refractivity contribution is 7.94. The zero-order valence-electron chi connectivity index (χ0n) is 10.9. The van der Waals surface area contributed by atoms with Crippen molar-refractivity contribution >= 4 is 27.0 Å². The molecule has 1 saturated carbocycles. The number of rotatable bonds is 6. The van der Waals surface area contributed by atoms with Crippen molar-refractivity contribution in [3.63, 3.8) is 0 Å². The van der Waals surface area contributed by atoms with E-state index in [0.717, 1.165) is 12.1 Å². The number of para-hydroxylation sites is 1. The van der Waals surface area contributed by atoms with E-state index >= 15 is 0 Å². The van der Waals surface area contributed by atoms with Gasteiger partial charge in [-0.15, -0.1) is 11.3 Å². The highest BCUT2D eigenvalue weighted by atomic mass is 32.2. The van der Waals surface area contributed by atoms with Crippen LogP contribution in [0.1, 0.15) is 18.4 Å². The minimum atomic E-state index is -3.47. The summed E-state index contributed by atoms with van der Waals surface area (Å²) in [5, 5.41) is 5.28. The SMILES string of the molecule is O=S(=O)(Nc1ccccc1)c1cc(CNC2CC2)cs1. The summed E-state index contributed by atoms with van der Waals surface area (Å²) >= 11 is 1.26. The van der Waals surface area contributed by atoms with Gasteiger partial charge in [0.1, 0.15) is 4.21 Å². The molecular weight excluding hydrogens is 292 g/mol. The lowest BCUT2D eigenvalue weighted by molar-refractivity contribution is 0.603. The summed E-state index contributed by atoms with van der Waals surface area (Å²) < 4.78 is 27.4. The number of thiophene rings is 1. The molecule has 0 atom stereocenters. The van der Waals surface area contributed by atoms with Crippen LogP contribution < -0.4 is 10.0 Å². The molecule has 1 aromatic carbocycles. The van der Waals surface area contributed by atoms with Gasteiger partial charge in [0.25, 0.3) is 10.0 Å². The smallest absolute Gasteiger partial charge is 0.271 e. The Morgan fingerprint density at radius 1 is 1.20 bits per heavy atom. The van der Waals surface area contributed by atoms with E-state index in [-0.39, 0.29) is 0 Å². The first-order chi connectivity index (χ1) is 9.63. The van der Waals surface area contributed by atoms with Crippen LogP contribution in [0.2, 0.25) is 0 Å². The van der Waals surface area contributed by atoms with E-state index in [2.05, 4.69) is 10.0 Å². The van der Waals surface area contributed by atoms with E-state index in [0.29, 0.717) is 15.9 Å². The van der Waals surface area contributed by atoms with Crippen molar-refractivity contribution in [1.29, 1.82) is 0 Å². The van der Waals surface area contributed by atoms with Crippen LogP contribution in [-0.2, 0) is 16.6 Å². The van der Waals surface area contributed by atoms with Gasteiger partial charge in [0.15, 0.2) is 0 Å². The predicted molar refractivity (Wildman–Crippen MR) is 81.4 cm³/mol. The molecule has 20 heavy (non-hydrogen) atoms. The summed E-state index contributed by atoms with van der Waals surface area (Å²) in [5.74, 6) is 0. The third kappa shape index (κ3) is 3.39. The first kappa shape index (κ1) is 13.6. The second kappa shape index (κ2) is 5.55. The fraction of sp³-hybridized carbons (Fsp3) is 0.286. The van der Waals surface area contributed by atoms with Crippen molar-refractivity contribution < 1.29 is 8.42 Å². The zero-order valence-corrected chi connectivity index (χ0v) is 12.5. The van der Waals surface area contributed by atoms with Crippen LogP contribution in [0.15, 0.2) is 46.0 Å². The Bertz CT molecular complexity index is 676. The number of hydrogen-bond acceptors (Lipinski definition) is 4. The standard InChI is InChI=1S/C14H16N2O2S2/c17-20(18,16-13-4-2-1-3-5-13)14-8-11(10-19-14)9-15-12-6-7-12/h1-5,8,10,12,15-16H,6-7,9H2. The van der Waals surface area contributed by atoms with Gasteiger partial charge in [-0.25, -0.2) is 8.42 Å². The van der Waals surface area contributed by atoms with Crippen molar-refractivity contribution in [3.05, 3.63) is 47.3 Å². The van der Waals surface area contributed by atoms with Gasteiger partial charge >= 0.3 is 0 Å². The van der Waals surface area contributed by atoms with Crippen molar-refractivity contribution in [1.82, 2.24) is 5.32 Å². The molecule has 1 aliphatic carbocycles. The topological polar surface area (TPSA) is 58.2 Å². The summed E-state index contributed by atoms with van der Waals surface area (Å²) in [5.41, 5.74) is 1.61. The summed E-state index contributed by atoms with van der Waals surface area (Å²) in [4.78, 5) is 0. The molecule has 0 radical (unpaired) electrons. The Morgan fingerprint density at radius 2 is 1.95 bits per heavy atom. The van der Waals surface area contributed by atoms with Gasteiger partial charge < -0.3 is 5.32 Å². The van der Waals surface area contributed by atoms with Gasteiger partial charge in [0.2, 0.25) is 0 Å². The lowest BCUT2D eigenvalue weighted by Crippen LogP contribution is -2.15. The van der Waals surface area contributed by atoms with Gasteiger partial charge in [-0.1, -0.05) is 18.2 Å². The highest BCUT2D eigenvalue weighted by Crippen LogP contribution is 2.24. The summed E-state index contributed by atoms with van der Waals surface area (Å²) in [6.45, 7) is 0.738. The van der Waals surface area contributed by atoms with Gasteiger partial charge in [0, 0.05) is 18.3 Å². The Kier molecular flexibility index (Phi) is 3.78. The predicted octanol–water partition coefficient (Wildman–Crippen LogP) is 2.80. The fourth-order valence-corrected chi connectivity index (χ4v) is 4.12. The summed E-state index contributed by atoms with van der Waals surface area (Å²) in [6.07, 6.45) is 2.45. The van der Waals surface area contributed by atoms with Crippen LogP contribution in [0, 0.1) is 0 Å². The molecule has 6 heteroatoms. The van der Waals surface area contributed by atoms with Gasteiger partial charge in [-0.3, -0.25) is 4.72 Å². The first-order valence-corrected chi connectivity index (χ1v) is 8.88. The number of nitrogens with one attached hydrogen (secondary N) is 2. The maximum atomic E-state index is 12.2. The molecule has 0 saturated heterocycles. The van der Waals surface area contributed by atoms with E-state index in [1.165, 1.54) is 24.2 Å². The Morgan fingerprint density at radius 3 is 2.65 bits per heavy atom. The minimum Gasteiger partial charge on any atom is -0.310 e. The van der Waals surface area contributed by atoms with Crippen molar-refractivity contribution in [3.8, 4) is 0 Å². The third-order valence-corrected chi connectivity index (χ3v) is 5.96. The molecule has 0 amide bonds. The first-order valence-electron chi connectivity index (χ1n) is 6.52. The maximum Gasteiger partial charge on any atom is 0.271 e. The van der Waals surface area contributed by atoms with Crippen molar-refractivity contribution in [2.24, 2.45) is 0 Å². The van der Waals surface area contributed by atoms with Crippen LogP contribution in [0.4, 0.5) is 5.69 Å². The van der Waals surface area contributed by atoms with Crippen LogP contribution in [-0.4, -0.2) is 14.5 Å². The average molecular weight is 308 g/mol.